The van der Waals surface area contributed by atoms with Crippen molar-refractivity contribution in [2.24, 2.45) is 0 Å². The predicted molar refractivity (Wildman–Crippen MR) is 141 cm³/mol. The van der Waals surface area contributed by atoms with Gasteiger partial charge in [-0.25, -0.2) is 13.6 Å². The Hall–Kier alpha value is -3.40. The van der Waals surface area contributed by atoms with Gasteiger partial charge in [-0.3, -0.25) is 4.79 Å². The Kier molecular flexibility index (Phi) is 8.71. The summed E-state index contributed by atoms with van der Waals surface area (Å²) in [7, 11) is 3.20. The Morgan fingerprint density at radius 2 is 1.84 bits per heavy atom. The van der Waals surface area contributed by atoms with Gasteiger partial charge in [-0.05, 0) is 68.5 Å². The minimum absolute atomic E-state index is 0.0395. The number of carbonyl (C=O) groups is 2. The van der Waals surface area contributed by atoms with E-state index in [2.05, 4.69) is 22.9 Å². The van der Waals surface area contributed by atoms with E-state index in [-0.39, 0.29) is 35.6 Å². The number of nitrogens with zero attached hydrogens (tertiary/aromatic N) is 1. The molecule has 2 aromatic rings. The fourth-order valence-electron chi connectivity index (χ4n) is 5.86. The summed E-state index contributed by atoms with van der Waals surface area (Å²) >= 11 is 0. The van der Waals surface area contributed by atoms with E-state index in [4.69, 9.17) is 9.47 Å². The van der Waals surface area contributed by atoms with Crippen LogP contribution in [0.15, 0.2) is 36.4 Å². The first-order chi connectivity index (χ1) is 18.3. The fourth-order valence-corrected chi connectivity index (χ4v) is 5.86. The molecular weight excluding hydrogens is 494 g/mol. The highest BCUT2D eigenvalue weighted by Crippen LogP contribution is 2.50. The summed E-state index contributed by atoms with van der Waals surface area (Å²) in [5.41, 5.74) is 0.965. The summed E-state index contributed by atoms with van der Waals surface area (Å²) in [4.78, 5) is 27.9. The first-order valence-corrected chi connectivity index (χ1v) is 13.1. The summed E-state index contributed by atoms with van der Waals surface area (Å²) in [6.45, 7) is 3.71. The Morgan fingerprint density at radius 1 is 1.05 bits per heavy atom. The molecule has 3 atom stereocenters. The Morgan fingerprint density at radius 3 is 2.55 bits per heavy atom. The predicted octanol–water partition coefficient (Wildman–Crippen LogP) is 4.19. The lowest BCUT2D eigenvalue weighted by molar-refractivity contribution is -0.132. The van der Waals surface area contributed by atoms with E-state index in [9.17, 15) is 18.4 Å². The van der Waals surface area contributed by atoms with Crippen molar-refractivity contribution in [1.29, 1.82) is 0 Å². The van der Waals surface area contributed by atoms with E-state index >= 15 is 0 Å². The second-order valence-corrected chi connectivity index (χ2v) is 9.95. The van der Waals surface area contributed by atoms with Crippen LogP contribution in [0, 0.1) is 11.6 Å². The van der Waals surface area contributed by atoms with E-state index < -0.39 is 17.7 Å². The van der Waals surface area contributed by atoms with Gasteiger partial charge in [-0.1, -0.05) is 13.0 Å². The van der Waals surface area contributed by atoms with Gasteiger partial charge in [0.05, 0.1) is 20.8 Å². The number of fused-ring (bicyclic) bond motifs is 1. The maximum atomic E-state index is 13.6. The topological polar surface area (TPSA) is 91.9 Å². The minimum Gasteiger partial charge on any atom is -0.493 e. The Bertz CT molecular complexity index is 1160. The van der Waals surface area contributed by atoms with Crippen molar-refractivity contribution in [1.82, 2.24) is 15.5 Å². The highest BCUT2D eigenvalue weighted by Gasteiger charge is 2.53. The van der Waals surface area contributed by atoms with Gasteiger partial charge in [0, 0.05) is 35.8 Å². The van der Waals surface area contributed by atoms with Crippen LogP contribution in [0.2, 0.25) is 0 Å². The summed E-state index contributed by atoms with van der Waals surface area (Å²) < 4.78 is 37.8. The highest BCUT2D eigenvalue weighted by atomic mass is 19.2. The summed E-state index contributed by atoms with van der Waals surface area (Å²) in [6, 6.07) is 8.33. The zero-order valence-corrected chi connectivity index (χ0v) is 22.1. The maximum absolute atomic E-state index is 13.6. The van der Waals surface area contributed by atoms with Gasteiger partial charge >= 0.3 is 6.03 Å². The van der Waals surface area contributed by atoms with Crippen LogP contribution >= 0.6 is 0 Å². The van der Waals surface area contributed by atoms with Crippen molar-refractivity contribution >= 4 is 17.6 Å². The molecule has 0 spiro atoms. The highest BCUT2D eigenvalue weighted by molar-refractivity contribution is 5.89. The van der Waals surface area contributed by atoms with Crippen molar-refractivity contribution in [3.63, 3.8) is 0 Å². The number of ether oxygens (including phenoxy) is 2. The van der Waals surface area contributed by atoms with Gasteiger partial charge in [-0.15, -0.1) is 0 Å². The van der Waals surface area contributed by atoms with Crippen molar-refractivity contribution < 1.29 is 27.8 Å². The third kappa shape index (κ3) is 5.70. The number of hydrogen-bond acceptors (Lipinski definition) is 5. The van der Waals surface area contributed by atoms with Crippen LogP contribution in [0.5, 0.6) is 11.5 Å². The van der Waals surface area contributed by atoms with Crippen LogP contribution in [-0.4, -0.2) is 62.8 Å². The number of urea groups is 1. The number of carbonyl (C=O) groups excluding carboxylic acids is 2. The van der Waals surface area contributed by atoms with Crippen LogP contribution in [0.4, 0.5) is 19.3 Å². The molecular formula is C28H36F2N4O4. The van der Waals surface area contributed by atoms with Crippen molar-refractivity contribution in [3.05, 3.63) is 53.6 Å². The summed E-state index contributed by atoms with van der Waals surface area (Å²) in [6.07, 6.45) is 3.77. The quantitative estimate of drug-likeness (QED) is 0.423. The number of amides is 3. The molecule has 0 bridgehead atoms. The molecule has 3 amide bonds. The standard InChI is InChI=1S/C28H36F2N4O4/c1-4-12-31-17-26(35)34-13-11-28(18-5-8-23(37-2)24(14-18)38-3)10-9-20(16-25(28)34)33-27(36)32-19-6-7-21(29)22(30)15-19/h5-8,14-15,20,25,31H,4,9-13,16-17H2,1-3H3,(H2,32,33,36)/t20-,25+,28-/m0/s1. The van der Waals surface area contributed by atoms with Gasteiger partial charge in [0.15, 0.2) is 23.1 Å². The molecule has 10 heteroatoms. The molecule has 1 saturated carbocycles. The molecule has 8 nitrogen and oxygen atoms in total. The van der Waals surface area contributed by atoms with Gasteiger partial charge in [0.25, 0.3) is 0 Å². The molecule has 1 heterocycles. The molecule has 3 N–H and O–H groups in total. The molecule has 1 saturated heterocycles. The van der Waals surface area contributed by atoms with E-state index in [1.54, 1.807) is 14.2 Å². The molecule has 0 unspecified atom stereocenters. The van der Waals surface area contributed by atoms with Gasteiger partial charge < -0.3 is 30.3 Å². The molecule has 2 fully saturated rings. The average molecular weight is 531 g/mol. The first-order valence-electron chi connectivity index (χ1n) is 13.1. The third-order valence-corrected chi connectivity index (χ3v) is 7.75. The van der Waals surface area contributed by atoms with Crippen LogP contribution in [-0.2, 0) is 10.2 Å². The molecule has 4 rings (SSSR count). The van der Waals surface area contributed by atoms with Crippen LogP contribution in [0.3, 0.4) is 0 Å². The monoisotopic (exact) mass is 530 g/mol. The fraction of sp³-hybridized carbons (Fsp3) is 0.500. The summed E-state index contributed by atoms with van der Waals surface area (Å²) in [5, 5.41) is 8.75. The van der Waals surface area contributed by atoms with Crippen molar-refractivity contribution in [2.45, 2.75) is 56.5 Å². The molecule has 206 valence electrons. The second kappa shape index (κ2) is 12.0. The van der Waals surface area contributed by atoms with Crippen LogP contribution in [0.25, 0.3) is 0 Å². The van der Waals surface area contributed by atoms with Crippen LogP contribution < -0.4 is 25.4 Å². The van der Waals surface area contributed by atoms with Crippen LogP contribution in [0.1, 0.15) is 44.6 Å². The lowest BCUT2D eigenvalue weighted by Gasteiger charge is -2.45. The van der Waals surface area contributed by atoms with Gasteiger partial charge in [0.2, 0.25) is 5.91 Å². The number of likely N-dealkylation sites (tertiary alicyclic amines) is 1. The first kappa shape index (κ1) is 27.6. The molecule has 1 aliphatic carbocycles. The summed E-state index contributed by atoms with van der Waals surface area (Å²) in [5.74, 6) is -0.689. The average Bonchev–Trinajstić information content (AvgIpc) is 3.30. The number of halogens is 2. The molecule has 1 aliphatic heterocycles. The SMILES string of the molecule is CCCNCC(=O)N1CC[C@]2(c3ccc(OC)c(OC)c3)CC[C@H](NC(=O)Nc3ccc(F)c(F)c3)C[C@@H]12. The third-order valence-electron chi connectivity index (χ3n) is 7.75. The molecule has 38 heavy (non-hydrogen) atoms. The van der Waals surface area contributed by atoms with E-state index in [0.717, 1.165) is 43.5 Å². The second-order valence-electron chi connectivity index (χ2n) is 9.95. The Labute approximate surface area is 222 Å². The molecule has 0 aromatic heterocycles. The lowest BCUT2D eigenvalue weighted by atomic mass is 9.65. The molecule has 2 aromatic carbocycles. The van der Waals surface area contributed by atoms with Crippen molar-refractivity contribution in [2.75, 3.05) is 39.2 Å². The van der Waals surface area contributed by atoms with E-state index in [0.29, 0.717) is 30.9 Å². The zero-order valence-electron chi connectivity index (χ0n) is 22.1. The number of benzene rings is 2. The van der Waals surface area contributed by atoms with Gasteiger partial charge in [-0.2, -0.15) is 0 Å². The molecule has 0 radical (unpaired) electrons. The number of anilines is 1. The minimum atomic E-state index is -1.03. The van der Waals surface area contributed by atoms with E-state index in [1.165, 1.54) is 6.07 Å². The largest absolute Gasteiger partial charge is 0.493 e. The molecule has 2 aliphatic rings. The van der Waals surface area contributed by atoms with Crippen molar-refractivity contribution in [3.8, 4) is 11.5 Å². The number of nitrogens with one attached hydrogen (secondary N) is 3. The van der Waals surface area contributed by atoms with Gasteiger partial charge in [0.1, 0.15) is 0 Å². The Balaban J connectivity index is 1.54. The van der Waals surface area contributed by atoms with E-state index in [1.807, 2.05) is 23.1 Å². The normalized spacial score (nSPS) is 22.5. The maximum Gasteiger partial charge on any atom is 0.319 e. The number of hydrogen-bond donors (Lipinski definition) is 3. The lowest BCUT2D eigenvalue weighted by Crippen LogP contribution is -2.55. The zero-order chi connectivity index (χ0) is 27.3. The smallest absolute Gasteiger partial charge is 0.319 e. The number of rotatable bonds is 9. The number of methoxy groups -OCH3 is 2.